The van der Waals surface area contributed by atoms with Gasteiger partial charge in [-0.25, -0.2) is 4.39 Å². The second-order valence-corrected chi connectivity index (χ2v) is 8.30. The van der Waals surface area contributed by atoms with Gasteiger partial charge < -0.3 is 10.2 Å². The maximum absolute atomic E-state index is 13.2. The van der Waals surface area contributed by atoms with Crippen LogP contribution in [0.4, 0.5) is 10.1 Å². The molecule has 1 heterocycles. The van der Waals surface area contributed by atoms with E-state index in [1.165, 1.54) is 23.3 Å². The van der Waals surface area contributed by atoms with Crippen LogP contribution in [0.25, 0.3) is 0 Å². The van der Waals surface area contributed by atoms with Crippen LogP contribution in [-0.2, 0) is 9.59 Å². The van der Waals surface area contributed by atoms with Gasteiger partial charge >= 0.3 is 0 Å². The number of rotatable bonds is 6. The Morgan fingerprint density at radius 1 is 1.03 bits per heavy atom. The Labute approximate surface area is 175 Å². The third kappa shape index (κ3) is 6.30. The van der Waals surface area contributed by atoms with E-state index in [2.05, 4.69) is 37.4 Å². The van der Waals surface area contributed by atoms with Gasteiger partial charge in [-0.15, -0.1) is 11.8 Å². The molecule has 5 nitrogen and oxygen atoms in total. The van der Waals surface area contributed by atoms with Crippen LogP contribution < -0.4 is 5.32 Å². The van der Waals surface area contributed by atoms with Crippen molar-refractivity contribution < 1.29 is 14.0 Å². The van der Waals surface area contributed by atoms with Crippen LogP contribution in [0.15, 0.2) is 47.4 Å². The standard InChI is InChI=1S/C22H26FN3O2S/c1-16-6-7-20(12-17(16)2)29-15-22(28)26-10-8-25(9-11-26)14-21(27)24-19-5-3-4-18(23)13-19/h3-7,12-13H,8-11,14-15H2,1-2H3,(H,24,27). The van der Waals surface area contributed by atoms with Crippen molar-refractivity contribution in [1.82, 2.24) is 9.80 Å². The SMILES string of the molecule is Cc1ccc(SCC(=O)N2CCN(CC(=O)Nc3cccc(F)c3)CC2)cc1C. The van der Waals surface area contributed by atoms with Crippen molar-refractivity contribution in [3.05, 3.63) is 59.4 Å². The highest BCUT2D eigenvalue weighted by atomic mass is 32.2. The normalized spacial score (nSPS) is 14.7. The number of carbonyl (C=O) groups excluding carboxylic acids is 2. The Hall–Kier alpha value is -2.38. The van der Waals surface area contributed by atoms with Crippen molar-refractivity contribution >= 4 is 29.3 Å². The molecule has 2 aromatic rings. The van der Waals surface area contributed by atoms with Crippen molar-refractivity contribution in [1.29, 1.82) is 0 Å². The molecule has 1 aliphatic rings. The van der Waals surface area contributed by atoms with Gasteiger partial charge in [-0.1, -0.05) is 12.1 Å². The van der Waals surface area contributed by atoms with Crippen molar-refractivity contribution in [2.45, 2.75) is 18.7 Å². The Balaban J connectivity index is 1.40. The molecule has 0 atom stereocenters. The molecule has 0 aromatic heterocycles. The van der Waals surface area contributed by atoms with Gasteiger partial charge in [0, 0.05) is 36.8 Å². The predicted molar refractivity (Wildman–Crippen MR) is 115 cm³/mol. The summed E-state index contributed by atoms with van der Waals surface area (Å²) in [6.45, 7) is 6.90. The Bertz CT molecular complexity index is 882. The molecule has 1 saturated heterocycles. The lowest BCUT2D eigenvalue weighted by atomic mass is 10.1. The first-order valence-electron chi connectivity index (χ1n) is 9.66. The molecule has 7 heteroatoms. The number of amides is 2. The Morgan fingerprint density at radius 3 is 2.48 bits per heavy atom. The summed E-state index contributed by atoms with van der Waals surface area (Å²) in [6, 6.07) is 12.1. The fourth-order valence-electron chi connectivity index (χ4n) is 3.17. The largest absolute Gasteiger partial charge is 0.339 e. The number of halogens is 1. The van der Waals surface area contributed by atoms with Gasteiger partial charge in [0.25, 0.3) is 0 Å². The van der Waals surface area contributed by atoms with Gasteiger partial charge in [0.15, 0.2) is 0 Å². The molecule has 0 radical (unpaired) electrons. The molecule has 1 N–H and O–H groups in total. The van der Waals surface area contributed by atoms with Gasteiger partial charge in [0.05, 0.1) is 12.3 Å². The highest BCUT2D eigenvalue weighted by Gasteiger charge is 2.22. The quantitative estimate of drug-likeness (QED) is 0.736. The van der Waals surface area contributed by atoms with Crippen molar-refractivity contribution in [2.75, 3.05) is 43.8 Å². The number of hydrogen-bond donors (Lipinski definition) is 1. The maximum atomic E-state index is 13.2. The molecular formula is C22H26FN3O2S. The summed E-state index contributed by atoms with van der Waals surface area (Å²) in [5, 5.41) is 2.71. The van der Waals surface area contributed by atoms with Crippen molar-refractivity contribution in [2.24, 2.45) is 0 Å². The molecule has 1 aliphatic heterocycles. The summed E-state index contributed by atoms with van der Waals surface area (Å²) in [5.74, 6) is -0.0194. The van der Waals surface area contributed by atoms with E-state index < -0.39 is 0 Å². The lowest BCUT2D eigenvalue weighted by molar-refractivity contribution is -0.130. The van der Waals surface area contributed by atoms with Gasteiger partial charge in [0.1, 0.15) is 5.82 Å². The summed E-state index contributed by atoms with van der Waals surface area (Å²) in [6.07, 6.45) is 0. The van der Waals surface area contributed by atoms with Crippen LogP contribution in [0, 0.1) is 19.7 Å². The minimum Gasteiger partial charge on any atom is -0.339 e. The van der Waals surface area contributed by atoms with Crippen molar-refractivity contribution in [3.8, 4) is 0 Å². The number of aryl methyl sites for hydroxylation is 2. The molecule has 0 unspecified atom stereocenters. The fourth-order valence-corrected chi connectivity index (χ4v) is 4.06. The van der Waals surface area contributed by atoms with Crippen LogP contribution in [0.3, 0.4) is 0 Å². The van der Waals surface area contributed by atoms with E-state index in [9.17, 15) is 14.0 Å². The number of benzene rings is 2. The van der Waals surface area contributed by atoms with Gasteiger partial charge in [-0.2, -0.15) is 0 Å². The molecule has 3 rings (SSSR count). The fraction of sp³-hybridized carbons (Fsp3) is 0.364. The maximum Gasteiger partial charge on any atom is 0.238 e. The number of nitrogens with zero attached hydrogens (tertiary/aromatic N) is 2. The molecule has 2 amide bonds. The first-order chi connectivity index (χ1) is 13.9. The number of hydrogen-bond acceptors (Lipinski definition) is 4. The number of nitrogens with one attached hydrogen (secondary N) is 1. The summed E-state index contributed by atoms with van der Waals surface area (Å²) in [4.78, 5) is 29.6. The minimum atomic E-state index is -0.381. The molecule has 29 heavy (non-hydrogen) atoms. The summed E-state index contributed by atoms with van der Waals surface area (Å²) in [5.41, 5.74) is 2.93. The van der Waals surface area contributed by atoms with E-state index >= 15 is 0 Å². The monoisotopic (exact) mass is 415 g/mol. The molecule has 0 saturated carbocycles. The van der Waals surface area contributed by atoms with Crippen LogP contribution in [-0.4, -0.2) is 60.1 Å². The molecule has 0 spiro atoms. The number of thioether (sulfide) groups is 1. The molecule has 1 fully saturated rings. The summed E-state index contributed by atoms with van der Waals surface area (Å²) < 4.78 is 13.2. The zero-order valence-electron chi connectivity index (χ0n) is 16.8. The molecule has 154 valence electrons. The van der Waals surface area contributed by atoms with Gasteiger partial charge in [-0.3, -0.25) is 14.5 Å². The Morgan fingerprint density at radius 2 is 1.79 bits per heavy atom. The first kappa shape index (κ1) is 21.3. The highest BCUT2D eigenvalue weighted by molar-refractivity contribution is 8.00. The minimum absolute atomic E-state index is 0.122. The van der Waals surface area contributed by atoms with Crippen LogP contribution in [0.1, 0.15) is 11.1 Å². The average Bonchev–Trinajstić information content (AvgIpc) is 2.69. The second kappa shape index (κ2) is 9.89. The van der Waals surface area contributed by atoms with E-state index in [-0.39, 0.29) is 24.2 Å². The number of anilines is 1. The van der Waals surface area contributed by atoms with E-state index in [0.29, 0.717) is 37.6 Å². The molecule has 2 aromatic carbocycles. The van der Waals surface area contributed by atoms with Crippen molar-refractivity contribution in [3.63, 3.8) is 0 Å². The zero-order chi connectivity index (χ0) is 20.8. The average molecular weight is 416 g/mol. The van der Waals surface area contributed by atoms with Gasteiger partial charge in [-0.05, 0) is 55.3 Å². The highest BCUT2D eigenvalue weighted by Crippen LogP contribution is 2.21. The van der Waals surface area contributed by atoms with E-state index in [4.69, 9.17) is 0 Å². The smallest absolute Gasteiger partial charge is 0.238 e. The molecular weight excluding hydrogens is 389 g/mol. The summed E-state index contributed by atoms with van der Waals surface area (Å²) >= 11 is 1.56. The van der Waals surface area contributed by atoms with E-state index in [1.807, 2.05) is 9.80 Å². The zero-order valence-corrected chi connectivity index (χ0v) is 17.6. The number of carbonyl (C=O) groups is 2. The first-order valence-corrected chi connectivity index (χ1v) is 10.6. The third-order valence-corrected chi connectivity index (χ3v) is 6.02. The third-order valence-electron chi connectivity index (χ3n) is 5.04. The lowest BCUT2D eigenvalue weighted by Gasteiger charge is -2.34. The van der Waals surface area contributed by atoms with Crippen LogP contribution in [0.5, 0.6) is 0 Å². The van der Waals surface area contributed by atoms with E-state index in [0.717, 1.165) is 4.90 Å². The van der Waals surface area contributed by atoms with Crippen LogP contribution >= 0.6 is 11.8 Å². The molecule has 0 aliphatic carbocycles. The summed E-state index contributed by atoms with van der Waals surface area (Å²) in [7, 11) is 0. The topological polar surface area (TPSA) is 52.7 Å². The Kier molecular flexibility index (Phi) is 7.28. The second-order valence-electron chi connectivity index (χ2n) is 7.25. The molecule has 0 bridgehead atoms. The lowest BCUT2D eigenvalue weighted by Crippen LogP contribution is -2.50. The van der Waals surface area contributed by atoms with Crippen LogP contribution in [0.2, 0.25) is 0 Å². The predicted octanol–water partition coefficient (Wildman–Crippen LogP) is 3.32. The van der Waals surface area contributed by atoms with E-state index in [1.54, 1.807) is 23.9 Å². The number of piperazine rings is 1. The van der Waals surface area contributed by atoms with Gasteiger partial charge in [0.2, 0.25) is 11.8 Å².